The average molecular weight is 267 g/mol. The molecule has 1 aromatic rings. The first kappa shape index (κ1) is 11.8. The van der Waals surface area contributed by atoms with Crippen LogP contribution in [0.3, 0.4) is 0 Å². The second kappa shape index (κ2) is 3.68. The number of benzene rings is 1. The van der Waals surface area contributed by atoms with Gasteiger partial charge >= 0.3 is 0 Å². The molecule has 0 radical (unpaired) electrons. The molecule has 1 unspecified atom stereocenters. The third kappa shape index (κ3) is 1.28. The fourth-order valence-corrected chi connectivity index (χ4v) is 5.71. The van der Waals surface area contributed by atoms with E-state index in [9.17, 15) is 0 Å². The van der Waals surface area contributed by atoms with Crippen LogP contribution in [0, 0.1) is 5.41 Å². The van der Waals surface area contributed by atoms with Crippen LogP contribution in [0.25, 0.3) is 0 Å². The van der Waals surface area contributed by atoms with Crippen molar-refractivity contribution in [3.05, 3.63) is 34.4 Å². The van der Waals surface area contributed by atoms with Crippen LogP contribution in [0.1, 0.15) is 73.6 Å². The van der Waals surface area contributed by atoms with E-state index in [0.29, 0.717) is 5.41 Å². The van der Waals surface area contributed by atoms with Gasteiger partial charge in [0.2, 0.25) is 0 Å². The summed E-state index contributed by atoms with van der Waals surface area (Å²) in [5, 5.41) is 3.66. The predicted octanol–water partition coefficient (Wildman–Crippen LogP) is 4.04. The van der Waals surface area contributed by atoms with E-state index in [2.05, 4.69) is 24.4 Å². The van der Waals surface area contributed by atoms with Gasteiger partial charge in [0.15, 0.2) is 0 Å². The molecular weight excluding hydrogens is 242 g/mol. The summed E-state index contributed by atoms with van der Waals surface area (Å²) in [6.07, 6.45) is 10.1. The fourth-order valence-electron chi connectivity index (χ4n) is 5.71. The van der Waals surface area contributed by atoms with Crippen molar-refractivity contribution in [2.45, 2.75) is 69.7 Å². The highest BCUT2D eigenvalue weighted by Gasteiger charge is 2.69. The van der Waals surface area contributed by atoms with Gasteiger partial charge in [-0.15, -0.1) is 0 Å². The molecule has 1 aromatic carbocycles. The molecule has 1 atom stereocenters. The van der Waals surface area contributed by atoms with E-state index in [4.69, 9.17) is 0 Å². The normalized spacial score (nSPS) is 30.9. The Bertz CT molecular complexity index is 578. The van der Waals surface area contributed by atoms with Crippen LogP contribution in [0.4, 0.5) is 0 Å². The summed E-state index contributed by atoms with van der Waals surface area (Å²) in [5.74, 6) is 0.857. The summed E-state index contributed by atoms with van der Waals surface area (Å²) in [4.78, 5) is 0. The van der Waals surface area contributed by atoms with Crippen molar-refractivity contribution in [2.24, 2.45) is 5.41 Å². The van der Waals surface area contributed by atoms with Crippen LogP contribution in [0.5, 0.6) is 0 Å². The topological polar surface area (TPSA) is 12.0 Å². The lowest BCUT2D eigenvalue weighted by Crippen LogP contribution is -2.33. The maximum absolute atomic E-state index is 3.66. The lowest BCUT2D eigenvalue weighted by molar-refractivity contribution is 0.285. The maximum atomic E-state index is 3.66. The molecule has 0 bridgehead atoms. The third-order valence-electron chi connectivity index (χ3n) is 6.93. The number of hydrogen-bond acceptors (Lipinski definition) is 1. The molecule has 1 nitrogen and oxygen atoms in total. The third-order valence-corrected chi connectivity index (χ3v) is 6.93. The van der Waals surface area contributed by atoms with Gasteiger partial charge in [-0.3, -0.25) is 0 Å². The summed E-state index contributed by atoms with van der Waals surface area (Å²) in [6, 6.07) is 4.89. The van der Waals surface area contributed by atoms with Gasteiger partial charge in [-0.2, -0.15) is 0 Å². The van der Waals surface area contributed by atoms with Crippen LogP contribution in [0.2, 0.25) is 0 Å². The SMILES string of the molecule is CCc1ccc2c3c1C1(CC1)C1(CC1)CC3CCNC2. The molecule has 20 heavy (non-hydrogen) atoms. The standard InChI is InChI=1S/C19H25N/c1-2-13-3-4-15-12-20-10-5-14-11-18(6-7-18)19(8-9-19)17(13)16(14)15/h3-4,14,20H,2,5-12H2,1H3. The molecule has 2 spiro atoms. The minimum Gasteiger partial charge on any atom is -0.313 e. The van der Waals surface area contributed by atoms with Crippen LogP contribution in [0.15, 0.2) is 12.1 Å². The van der Waals surface area contributed by atoms with Gasteiger partial charge in [-0.1, -0.05) is 19.1 Å². The number of fused-ring (bicyclic) bond motifs is 2. The van der Waals surface area contributed by atoms with Crippen molar-refractivity contribution in [3.8, 4) is 0 Å². The average Bonchev–Trinajstić information content (AvgIpc) is 3.34. The first-order valence-corrected chi connectivity index (χ1v) is 8.65. The van der Waals surface area contributed by atoms with E-state index in [-0.39, 0.29) is 0 Å². The smallest absolute Gasteiger partial charge is 0.0208 e. The molecule has 4 aliphatic rings. The van der Waals surface area contributed by atoms with Crippen LogP contribution in [-0.2, 0) is 18.4 Å². The van der Waals surface area contributed by atoms with Crippen molar-refractivity contribution in [2.75, 3.05) is 6.54 Å². The van der Waals surface area contributed by atoms with Gasteiger partial charge in [0.05, 0.1) is 0 Å². The highest BCUT2D eigenvalue weighted by molar-refractivity contribution is 5.55. The molecule has 1 N–H and O–H groups in total. The Morgan fingerprint density at radius 2 is 2.05 bits per heavy atom. The number of nitrogens with one attached hydrogen (secondary N) is 1. The van der Waals surface area contributed by atoms with E-state index in [1.54, 1.807) is 11.1 Å². The van der Waals surface area contributed by atoms with Gasteiger partial charge < -0.3 is 5.32 Å². The van der Waals surface area contributed by atoms with Crippen molar-refractivity contribution < 1.29 is 0 Å². The molecule has 106 valence electrons. The summed E-state index contributed by atoms with van der Waals surface area (Å²) >= 11 is 0. The highest BCUT2D eigenvalue weighted by Crippen LogP contribution is 2.77. The molecule has 2 fully saturated rings. The first-order chi connectivity index (χ1) is 9.80. The molecule has 0 saturated heterocycles. The minimum atomic E-state index is 0.629. The van der Waals surface area contributed by atoms with Crippen molar-refractivity contribution in [3.63, 3.8) is 0 Å². The summed E-state index contributed by atoms with van der Waals surface area (Å²) in [6.45, 7) is 4.67. The Balaban J connectivity index is 1.80. The van der Waals surface area contributed by atoms with Crippen molar-refractivity contribution >= 4 is 0 Å². The molecule has 2 saturated carbocycles. The Kier molecular flexibility index (Phi) is 2.17. The van der Waals surface area contributed by atoms with Gasteiger partial charge in [0.1, 0.15) is 0 Å². The lowest BCUT2D eigenvalue weighted by Gasteiger charge is -2.41. The van der Waals surface area contributed by atoms with Crippen LogP contribution >= 0.6 is 0 Å². The molecule has 3 aliphatic carbocycles. The Labute approximate surface area is 122 Å². The summed E-state index contributed by atoms with van der Waals surface area (Å²) < 4.78 is 0. The van der Waals surface area contributed by atoms with Gasteiger partial charge in [0.25, 0.3) is 0 Å². The largest absolute Gasteiger partial charge is 0.313 e. The van der Waals surface area contributed by atoms with E-state index in [1.165, 1.54) is 51.5 Å². The maximum Gasteiger partial charge on any atom is 0.0208 e. The second-order valence-electron chi connectivity index (χ2n) is 7.75. The zero-order valence-electron chi connectivity index (χ0n) is 12.6. The first-order valence-electron chi connectivity index (χ1n) is 8.65. The van der Waals surface area contributed by atoms with E-state index >= 15 is 0 Å². The number of hydrogen-bond donors (Lipinski definition) is 1. The molecule has 0 aromatic heterocycles. The molecule has 0 amide bonds. The highest BCUT2D eigenvalue weighted by atomic mass is 14.9. The Morgan fingerprint density at radius 3 is 2.75 bits per heavy atom. The molecule has 5 rings (SSSR count). The van der Waals surface area contributed by atoms with E-state index < -0.39 is 0 Å². The van der Waals surface area contributed by atoms with Crippen LogP contribution in [-0.4, -0.2) is 6.54 Å². The van der Waals surface area contributed by atoms with E-state index in [0.717, 1.165) is 17.9 Å². The summed E-state index contributed by atoms with van der Waals surface area (Å²) in [5.41, 5.74) is 8.34. The summed E-state index contributed by atoms with van der Waals surface area (Å²) in [7, 11) is 0. The Morgan fingerprint density at radius 1 is 1.20 bits per heavy atom. The van der Waals surface area contributed by atoms with E-state index in [1.807, 2.05) is 11.1 Å². The molecule has 1 heteroatoms. The van der Waals surface area contributed by atoms with Gasteiger partial charge in [-0.05, 0) is 85.1 Å². The molecule has 1 aliphatic heterocycles. The van der Waals surface area contributed by atoms with Crippen molar-refractivity contribution in [1.29, 1.82) is 0 Å². The second-order valence-corrected chi connectivity index (χ2v) is 7.75. The monoisotopic (exact) mass is 267 g/mol. The van der Waals surface area contributed by atoms with Gasteiger partial charge in [-0.25, -0.2) is 0 Å². The quantitative estimate of drug-likeness (QED) is 0.809. The number of aryl methyl sites for hydroxylation is 1. The van der Waals surface area contributed by atoms with Gasteiger partial charge in [0, 0.05) is 12.0 Å². The van der Waals surface area contributed by atoms with Crippen LogP contribution < -0.4 is 5.32 Å². The zero-order chi connectivity index (χ0) is 13.4. The van der Waals surface area contributed by atoms with Crippen molar-refractivity contribution in [1.82, 2.24) is 5.32 Å². The molecule has 1 heterocycles. The fraction of sp³-hybridized carbons (Fsp3) is 0.684. The lowest BCUT2D eigenvalue weighted by atomic mass is 9.62. The predicted molar refractivity (Wildman–Crippen MR) is 82.1 cm³/mol. The zero-order valence-corrected chi connectivity index (χ0v) is 12.6. The minimum absolute atomic E-state index is 0.629. The number of rotatable bonds is 1. The Hall–Kier alpha value is -0.820. The molecular formula is C19H25N.